The molecule has 1 N–H and O–H groups in total. The summed E-state index contributed by atoms with van der Waals surface area (Å²) in [5, 5.41) is 3.09. The number of carbonyl (C=O) groups is 1. The number of hydrogen-bond donors (Lipinski definition) is 2. The van der Waals surface area contributed by atoms with E-state index in [1.807, 2.05) is 12.1 Å². The van der Waals surface area contributed by atoms with Crippen molar-refractivity contribution >= 4 is 34.5 Å². The average molecular weight is 329 g/mol. The van der Waals surface area contributed by atoms with E-state index in [1.165, 1.54) is 0 Å². The molecule has 1 fully saturated rings. The van der Waals surface area contributed by atoms with Gasteiger partial charge in [-0.25, -0.2) is 0 Å². The molecular weight excluding hydrogens is 312 g/mol. The molecule has 2 rings (SSSR count). The maximum Gasteiger partial charge on any atom is 0.252 e. The van der Waals surface area contributed by atoms with E-state index in [9.17, 15) is 4.79 Å². The van der Waals surface area contributed by atoms with Gasteiger partial charge in [-0.3, -0.25) is 4.79 Å². The Morgan fingerprint density at radius 2 is 2.11 bits per heavy atom. The molecule has 0 aromatic heterocycles. The van der Waals surface area contributed by atoms with Crippen LogP contribution < -0.4 is 5.32 Å². The third-order valence-corrected chi connectivity index (χ3v) is 4.12. The number of likely N-dealkylation sites (tertiary alicyclic amines) is 1. The lowest BCUT2D eigenvalue weighted by Gasteiger charge is -2.29. The second-order valence-electron chi connectivity index (χ2n) is 4.71. The van der Waals surface area contributed by atoms with Crippen LogP contribution in [0.25, 0.3) is 0 Å². The fourth-order valence-corrected chi connectivity index (χ4v) is 2.97. The number of benzene rings is 1. The van der Waals surface area contributed by atoms with Gasteiger partial charge in [0, 0.05) is 15.4 Å². The molecule has 1 amide bonds. The summed E-state index contributed by atoms with van der Waals surface area (Å²) in [6.45, 7) is 2.08. The molecule has 1 aliphatic heterocycles. The number of carbonyl (C=O) groups excluding carboxylic acids is 1. The van der Waals surface area contributed by atoms with Crippen LogP contribution >= 0.6 is 28.6 Å². The highest BCUT2D eigenvalue weighted by atomic mass is 79.9. The van der Waals surface area contributed by atoms with Crippen LogP contribution in [-0.4, -0.2) is 37.0 Å². The molecule has 0 unspecified atom stereocenters. The van der Waals surface area contributed by atoms with Crippen molar-refractivity contribution in [1.82, 2.24) is 10.2 Å². The Morgan fingerprint density at radius 3 is 2.72 bits per heavy atom. The molecule has 0 atom stereocenters. The van der Waals surface area contributed by atoms with Gasteiger partial charge in [0.1, 0.15) is 0 Å². The van der Waals surface area contributed by atoms with E-state index in [0.717, 1.165) is 30.4 Å². The van der Waals surface area contributed by atoms with Crippen LogP contribution in [-0.2, 0) is 0 Å². The van der Waals surface area contributed by atoms with Crippen LogP contribution in [0.5, 0.6) is 0 Å². The number of amides is 1. The Balaban J connectivity index is 1.99. The number of hydrogen-bond acceptors (Lipinski definition) is 3. The van der Waals surface area contributed by atoms with E-state index in [0.29, 0.717) is 10.5 Å². The van der Waals surface area contributed by atoms with Gasteiger partial charge in [-0.2, -0.15) is 0 Å². The first-order chi connectivity index (χ1) is 8.56. The van der Waals surface area contributed by atoms with Gasteiger partial charge < -0.3 is 10.2 Å². The molecule has 1 aromatic rings. The van der Waals surface area contributed by atoms with Crippen molar-refractivity contribution in [3.8, 4) is 0 Å². The van der Waals surface area contributed by atoms with Crippen LogP contribution in [0.3, 0.4) is 0 Å². The van der Waals surface area contributed by atoms with Crippen molar-refractivity contribution in [3.63, 3.8) is 0 Å². The second kappa shape index (κ2) is 6.08. The van der Waals surface area contributed by atoms with E-state index >= 15 is 0 Å². The second-order valence-corrected chi connectivity index (χ2v) is 6.11. The Kier molecular flexibility index (Phi) is 4.70. The summed E-state index contributed by atoms with van der Waals surface area (Å²) >= 11 is 7.70. The molecule has 0 radical (unpaired) electrons. The topological polar surface area (TPSA) is 32.3 Å². The zero-order chi connectivity index (χ0) is 13.1. The Hall–Kier alpha value is -0.520. The average Bonchev–Trinajstić information content (AvgIpc) is 2.32. The minimum atomic E-state index is -0.0259. The smallest absolute Gasteiger partial charge is 0.252 e. The first-order valence-corrected chi connectivity index (χ1v) is 7.28. The molecule has 1 aliphatic rings. The predicted octanol–water partition coefficient (Wildman–Crippen LogP) is 2.56. The van der Waals surface area contributed by atoms with Crippen LogP contribution in [0.2, 0.25) is 0 Å². The molecule has 0 saturated carbocycles. The van der Waals surface area contributed by atoms with Crippen molar-refractivity contribution in [3.05, 3.63) is 28.2 Å². The fourth-order valence-electron chi connectivity index (χ4n) is 2.11. The van der Waals surface area contributed by atoms with Crippen LogP contribution in [0.4, 0.5) is 0 Å². The van der Waals surface area contributed by atoms with Gasteiger partial charge in [-0.15, -0.1) is 12.6 Å². The standard InChI is InChI=1S/C13H17BrN2OS/c1-16-6-4-10(5-7-16)15-13(17)11-3-2-9(14)8-12(11)18/h2-3,8,10,18H,4-7H2,1H3,(H,15,17). The number of thiol groups is 1. The number of nitrogens with zero attached hydrogens (tertiary/aromatic N) is 1. The largest absolute Gasteiger partial charge is 0.349 e. The lowest BCUT2D eigenvalue weighted by Crippen LogP contribution is -2.43. The monoisotopic (exact) mass is 328 g/mol. The maximum absolute atomic E-state index is 12.1. The summed E-state index contributed by atoms with van der Waals surface area (Å²) < 4.78 is 0.934. The van der Waals surface area contributed by atoms with Crippen molar-refractivity contribution in [2.75, 3.05) is 20.1 Å². The molecule has 5 heteroatoms. The van der Waals surface area contributed by atoms with E-state index in [2.05, 4.69) is 45.8 Å². The number of piperidine rings is 1. The molecular formula is C13H17BrN2OS. The summed E-state index contributed by atoms with van der Waals surface area (Å²) in [4.78, 5) is 15.1. The zero-order valence-corrected chi connectivity index (χ0v) is 12.8. The molecule has 1 saturated heterocycles. The van der Waals surface area contributed by atoms with Crippen molar-refractivity contribution < 1.29 is 4.79 Å². The van der Waals surface area contributed by atoms with E-state index in [1.54, 1.807) is 6.07 Å². The van der Waals surface area contributed by atoms with Crippen molar-refractivity contribution in [2.24, 2.45) is 0 Å². The minimum absolute atomic E-state index is 0.0259. The molecule has 1 aromatic carbocycles. The van der Waals surface area contributed by atoms with Crippen LogP contribution in [0.1, 0.15) is 23.2 Å². The lowest BCUT2D eigenvalue weighted by atomic mass is 10.0. The highest BCUT2D eigenvalue weighted by Crippen LogP contribution is 2.20. The molecule has 98 valence electrons. The molecule has 3 nitrogen and oxygen atoms in total. The zero-order valence-electron chi connectivity index (χ0n) is 10.3. The van der Waals surface area contributed by atoms with Gasteiger partial charge in [0.25, 0.3) is 5.91 Å². The van der Waals surface area contributed by atoms with Crippen LogP contribution in [0.15, 0.2) is 27.6 Å². The molecule has 0 bridgehead atoms. The van der Waals surface area contributed by atoms with Gasteiger partial charge in [-0.05, 0) is 51.2 Å². The first-order valence-electron chi connectivity index (χ1n) is 6.04. The fraction of sp³-hybridized carbons (Fsp3) is 0.462. The van der Waals surface area contributed by atoms with Gasteiger partial charge >= 0.3 is 0 Å². The van der Waals surface area contributed by atoms with Crippen molar-refractivity contribution in [2.45, 2.75) is 23.8 Å². The van der Waals surface area contributed by atoms with Gasteiger partial charge in [-0.1, -0.05) is 15.9 Å². The lowest BCUT2D eigenvalue weighted by molar-refractivity contribution is 0.0914. The highest BCUT2D eigenvalue weighted by Gasteiger charge is 2.19. The highest BCUT2D eigenvalue weighted by molar-refractivity contribution is 9.10. The quantitative estimate of drug-likeness (QED) is 0.818. The summed E-state index contributed by atoms with van der Waals surface area (Å²) in [6, 6.07) is 5.79. The van der Waals surface area contributed by atoms with E-state index < -0.39 is 0 Å². The minimum Gasteiger partial charge on any atom is -0.349 e. The third-order valence-electron chi connectivity index (χ3n) is 3.26. The Labute approximate surface area is 121 Å². The number of rotatable bonds is 2. The molecule has 18 heavy (non-hydrogen) atoms. The summed E-state index contributed by atoms with van der Waals surface area (Å²) in [6.07, 6.45) is 2.03. The Bertz CT molecular complexity index is 445. The van der Waals surface area contributed by atoms with Gasteiger partial charge in [0.15, 0.2) is 0 Å². The normalized spacial score (nSPS) is 17.7. The van der Waals surface area contributed by atoms with Crippen molar-refractivity contribution in [1.29, 1.82) is 0 Å². The molecule has 1 heterocycles. The predicted molar refractivity (Wildman–Crippen MR) is 79.4 cm³/mol. The third kappa shape index (κ3) is 3.49. The SMILES string of the molecule is CN1CCC(NC(=O)c2ccc(Br)cc2S)CC1. The molecule has 0 aliphatic carbocycles. The molecule has 0 spiro atoms. The van der Waals surface area contributed by atoms with E-state index in [4.69, 9.17) is 0 Å². The van der Waals surface area contributed by atoms with Crippen LogP contribution in [0, 0.1) is 0 Å². The van der Waals surface area contributed by atoms with Gasteiger partial charge in [0.2, 0.25) is 0 Å². The summed E-state index contributed by atoms with van der Waals surface area (Å²) in [5.41, 5.74) is 0.639. The summed E-state index contributed by atoms with van der Waals surface area (Å²) in [7, 11) is 2.11. The first kappa shape index (κ1) is 13.9. The summed E-state index contributed by atoms with van der Waals surface area (Å²) in [5.74, 6) is -0.0259. The van der Waals surface area contributed by atoms with E-state index in [-0.39, 0.29) is 11.9 Å². The number of halogens is 1. The van der Waals surface area contributed by atoms with Gasteiger partial charge in [0.05, 0.1) is 5.56 Å². The number of nitrogens with one attached hydrogen (secondary N) is 1. The Morgan fingerprint density at radius 1 is 1.44 bits per heavy atom. The maximum atomic E-state index is 12.1.